The Morgan fingerprint density at radius 1 is 1.16 bits per heavy atom. The Morgan fingerprint density at radius 3 is 2.63 bits per heavy atom. The first kappa shape index (κ1) is 13.7. The molecule has 0 nitrogen and oxygen atoms in total. The second kappa shape index (κ2) is 5.60. The second-order valence-electron chi connectivity index (χ2n) is 6.89. The Bertz CT molecular complexity index is 451. The molecule has 0 amide bonds. The standard InChI is InChI=1S/C18H25Br/c1-12-3-4-14(7-13(12)2)10-18(19)11-17-9-15-5-6-16(17)8-15/h3-4,7,15-18H,5-6,8-11H2,1-2H3. The maximum absolute atomic E-state index is 3.94. The Morgan fingerprint density at radius 2 is 2.00 bits per heavy atom. The van der Waals surface area contributed by atoms with Crippen molar-refractivity contribution >= 4 is 15.9 Å². The minimum Gasteiger partial charge on any atom is -0.0887 e. The highest BCUT2D eigenvalue weighted by Gasteiger charge is 2.39. The molecule has 19 heavy (non-hydrogen) atoms. The third-order valence-electron chi connectivity index (χ3n) is 5.47. The monoisotopic (exact) mass is 320 g/mol. The summed E-state index contributed by atoms with van der Waals surface area (Å²) in [6.45, 7) is 4.41. The molecule has 2 aliphatic rings. The smallest absolute Gasteiger partial charge is 0.0188 e. The number of benzene rings is 1. The van der Waals surface area contributed by atoms with E-state index < -0.39 is 0 Å². The third kappa shape index (κ3) is 3.07. The van der Waals surface area contributed by atoms with Gasteiger partial charge >= 0.3 is 0 Å². The summed E-state index contributed by atoms with van der Waals surface area (Å²) in [7, 11) is 0. The summed E-state index contributed by atoms with van der Waals surface area (Å²) < 4.78 is 0. The van der Waals surface area contributed by atoms with Gasteiger partial charge in [0, 0.05) is 4.83 Å². The van der Waals surface area contributed by atoms with Gasteiger partial charge in [0.2, 0.25) is 0 Å². The lowest BCUT2D eigenvalue weighted by molar-refractivity contribution is 0.313. The van der Waals surface area contributed by atoms with Gasteiger partial charge < -0.3 is 0 Å². The van der Waals surface area contributed by atoms with Crippen LogP contribution < -0.4 is 0 Å². The highest BCUT2D eigenvalue weighted by Crippen LogP contribution is 2.50. The molecular weight excluding hydrogens is 296 g/mol. The van der Waals surface area contributed by atoms with Crippen molar-refractivity contribution in [2.45, 2.75) is 57.2 Å². The number of rotatable bonds is 4. The molecule has 4 atom stereocenters. The number of aryl methyl sites for hydroxylation is 2. The predicted molar refractivity (Wildman–Crippen MR) is 85.9 cm³/mol. The molecule has 0 spiro atoms. The van der Waals surface area contributed by atoms with E-state index in [0.29, 0.717) is 4.83 Å². The van der Waals surface area contributed by atoms with Gasteiger partial charge in [0.25, 0.3) is 0 Å². The van der Waals surface area contributed by atoms with Crippen LogP contribution in [0.25, 0.3) is 0 Å². The SMILES string of the molecule is Cc1ccc(CC(Br)CC2CC3CCC2C3)cc1C. The zero-order chi connectivity index (χ0) is 13.4. The van der Waals surface area contributed by atoms with Crippen LogP contribution in [0.15, 0.2) is 18.2 Å². The molecule has 2 bridgehead atoms. The van der Waals surface area contributed by atoms with E-state index in [9.17, 15) is 0 Å². The molecule has 2 aliphatic carbocycles. The molecule has 2 saturated carbocycles. The molecular formula is C18H25Br. The van der Waals surface area contributed by atoms with Gasteiger partial charge in [-0.2, -0.15) is 0 Å². The molecule has 1 aromatic carbocycles. The summed E-state index contributed by atoms with van der Waals surface area (Å²) in [5, 5.41) is 0. The van der Waals surface area contributed by atoms with Crippen molar-refractivity contribution in [2.75, 3.05) is 0 Å². The van der Waals surface area contributed by atoms with Gasteiger partial charge in [-0.1, -0.05) is 40.5 Å². The van der Waals surface area contributed by atoms with Crippen LogP contribution in [-0.4, -0.2) is 4.83 Å². The van der Waals surface area contributed by atoms with Crippen LogP contribution in [0, 0.1) is 31.6 Å². The largest absolute Gasteiger partial charge is 0.0887 e. The van der Waals surface area contributed by atoms with Gasteiger partial charge in [-0.3, -0.25) is 0 Å². The topological polar surface area (TPSA) is 0 Å². The summed E-state index contributed by atoms with van der Waals surface area (Å²) >= 11 is 3.94. The van der Waals surface area contributed by atoms with E-state index in [-0.39, 0.29) is 0 Å². The molecule has 0 aromatic heterocycles. The maximum atomic E-state index is 3.94. The van der Waals surface area contributed by atoms with Crippen LogP contribution in [-0.2, 0) is 6.42 Å². The van der Waals surface area contributed by atoms with Crippen molar-refractivity contribution < 1.29 is 0 Å². The number of hydrogen-bond donors (Lipinski definition) is 0. The van der Waals surface area contributed by atoms with E-state index in [1.165, 1.54) is 55.2 Å². The zero-order valence-corrected chi connectivity index (χ0v) is 13.7. The van der Waals surface area contributed by atoms with E-state index in [4.69, 9.17) is 0 Å². The van der Waals surface area contributed by atoms with Crippen molar-refractivity contribution in [3.05, 3.63) is 34.9 Å². The molecule has 4 unspecified atom stereocenters. The second-order valence-corrected chi connectivity index (χ2v) is 8.19. The first-order valence-corrected chi connectivity index (χ1v) is 8.73. The average molecular weight is 321 g/mol. The van der Waals surface area contributed by atoms with Crippen LogP contribution in [0.2, 0.25) is 0 Å². The quantitative estimate of drug-likeness (QED) is 0.648. The van der Waals surface area contributed by atoms with Gasteiger partial charge in [-0.15, -0.1) is 0 Å². The zero-order valence-electron chi connectivity index (χ0n) is 12.2. The van der Waals surface area contributed by atoms with E-state index in [2.05, 4.69) is 48.0 Å². The molecule has 1 heteroatoms. The number of hydrogen-bond acceptors (Lipinski definition) is 0. The molecule has 0 radical (unpaired) electrons. The Labute approximate surface area is 126 Å². The lowest BCUT2D eigenvalue weighted by Gasteiger charge is -2.24. The highest BCUT2D eigenvalue weighted by molar-refractivity contribution is 9.09. The summed E-state index contributed by atoms with van der Waals surface area (Å²) in [6.07, 6.45) is 8.65. The van der Waals surface area contributed by atoms with Gasteiger partial charge in [0.15, 0.2) is 0 Å². The van der Waals surface area contributed by atoms with E-state index in [1.54, 1.807) is 0 Å². The highest BCUT2D eigenvalue weighted by atomic mass is 79.9. The molecule has 2 fully saturated rings. The van der Waals surface area contributed by atoms with Crippen molar-refractivity contribution in [1.82, 2.24) is 0 Å². The first-order valence-electron chi connectivity index (χ1n) is 7.82. The predicted octanol–water partition coefficient (Wildman–Crippen LogP) is 5.44. The van der Waals surface area contributed by atoms with Crippen LogP contribution in [0.1, 0.15) is 48.8 Å². The molecule has 0 aliphatic heterocycles. The van der Waals surface area contributed by atoms with E-state index in [1.807, 2.05) is 0 Å². The van der Waals surface area contributed by atoms with Crippen LogP contribution in [0.3, 0.4) is 0 Å². The van der Waals surface area contributed by atoms with Crippen molar-refractivity contribution in [2.24, 2.45) is 17.8 Å². The van der Waals surface area contributed by atoms with Crippen LogP contribution >= 0.6 is 15.9 Å². The van der Waals surface area contributed by atoms with Crippen molar-refractivity contribution in [1.29, 1.82) is 0 Å². The van der Waals surface area contributed by atoms with Crippen molar-refractivity contribution in [3.63, 3.8) is 0 Å². The summed E-state index contributed by atoms with van der Waals surface area (Å²) in [6, 6.07) is 6.93. The van der Waals surface area contributed by atoms with Gasteiger partial charge in [0.1, 0.15) is 0 Å². The lowest BCUT2D eigenvalue weighted by Crippen LogP contribution is -2.16. The number of fused-ring (bicyclic) bond motifs is 2. The van der Waals surface area contributed by atoms with Crippen LogP contribution in [0.4, 0.5) is 0 Å². The first-order chi connectivity index (χ1) is 9.11. The number of alkyl halides is 1. The Balaban J connectivity index is 1.56. The Hall–Kier alpha value is -0.300. The summed E-state index contributed by atoms with van der Waals surface area (Å²) in [5.41, 5.74) is 4.33. The fraction of sp³-hybridized carbons (Fsp3) is 0.667. The minimum absolute atomic E-state index is 0.666. The minimum atomic E-state index is 0.666. The van der Waals surface area contributed by atoms with E-state index in [0.717, 1.165) is 17.8 Å². The van der Waals surface area contributed by atoms with Gasteiger partial charge in [-0.05, 0) is 80.4 Å². The van der Waals surface area contributed by atoms with Gasteiger partial charge in [-0.25, -0.2) is 0 Å². The molecule has 1 aromatic rings. The van der Waals surface area contributed by atoms with Crippen molar-refractivity contribution in [3.8, 4) is 0 Å². The van der Waals surface area contributed by atoms with Crippen LogP contribution in [0.5, 0.6) is 0 Å². The van der Waals surface area contributed by atoms with E-state index >= 15 is 0 Å². The third-order valence-corrected chi connectivity index (χ3v) is 6.17. The summed E-state index contributed by atoms with van der Waals surface area (Å²) in [4.78, 5) is 0.666. The summed E-state index contributed by atoms with van der Waals surface area (Å²) in [5.74, 6) is 3.15. The normalized spacial score (nSPS) is 30.8. The fourth-order valence-electron chi connectivity index (χ4n) is 4.26. The molecule has 0 saturated heterocycles. The average Bonchev–Trinajstić information content (AvgIpc) is 2.96. The Kier molecular flexibility index (Phi) is 4.03. The molecule has 0 heterocycles. The number of halogens is 1. The molecule has 3 rings (SSSR count). The lowest BCUT2D eigenvalue weighted by atomic mass is 9.84. The maximum Gasteiger partial charge on any atom is 0.0188 e. The molecule has 104 valence electrons. The fourth-order valence-corrected chi connectivity index (χ4v) is 5.12. The molecule has 0 N–H and O–H groups in total. The van der Waals surface area contributed by atoms with Gasteiger partial charge in [0.05, 0.1) is 0 Å².